The highest BCUT2D eigenvalue weighted by atomic mass is 35.5. The number of hydrogen-bond donors (Lipinski definition) is 2. The van der Waals surface area contributed by atoms with E-state index in [1.54, 1.807) is 12.1 Å². The first-order valence-electron chi connectivity index (χ1n) is 6.32. The van der Waals surface area contributed by atoms with Crippen molar-refractivity contribution in [3.05, 3.63) is 59.4 Å². The smallest absolute Gasteiger partial charge is 0.258 e. The molecule has 0 bridgehead atoms. The number of hydrogen-bond acceptors (Lipinski definition) is 4. The first-order valence-corrected chi connectivity index (χ1v) is 9.17. The van der Waals surface area contributed by atoms with Gasteiger partial charge in [0.05, 0.1) is 10.8 Å². The summed E-state index contributed by atoms with van der Waals surface area (Å²) in [6.07, 6.45) is 0. The third kappa shape index (κ3) is 4.93. The number of sulfonamides is 1. The van der Waals surface area contributed by atoms with Gasteiger partial charge in [-0.05, 0) is 24.3 Å². The van der Waals surface area contributed by atoms with Crippen molar-refractivity contribution in [3.8, 4) is 0 Å². The average molecular weight is 375 g/mol. The van der Waals surface area contributed by atoms with Crippen LogP contribution in [0.1, 0.15) is 0 Å². The van der Waals surface area contributed by atoms with E-state index in [1.165, 1.54) is 36.4 Å². The number of amides is 1. The van der Waals surface area contributed by atoms with E-state index < -0.39 is 21.7 Å². The van der Waals surface area contributed by atoms with Gasteiger partial charge in [-0.2, -0.15) is 0 Å². The number of thioether (sulfide) groups is 1. The summed E-state index contributed by atoms with van der Waals surface area (Å²) in [6.45, 7) is 0. The third-order valence-electron chi connectivity index (χ3n) is 2.65. The molecule has 0 spiro atoms. The van der Waals surface area contributed by atoms with Crippen molar-refractivity contribution in [1.29, 1.82) is 0 Å². The predicted octanol–water partition coefficient (Wildman–Crippen LogP) is 2.58. The molecule has 0 aromatic heterocycles. The Labute approximate surface area is 142 Å². The van der Waals surface area contributed by atoms with Crippen LogP contribution in [0.4, 0.5) is 4.39 Å². The van der Waals surface area contributed by atoms with Gasteiger partial charge >= 0.3 is 0 Å². The Balaban J connectivity index is 1.92. The summed E-state index contributed by atoms with van der Waals surface area (Å²) in [5.74, 6) is -1.21. The number of hydrazine groups is 1. The largest absolute Gasteiger partial charge is 0.277 e. The third-order valence-corrected chi connectivity index (χ3v) is 5.44. The zero-order valence-electron chi connectivity index (χ0n) is 11.6. The zero-order chi connectivity index (χ0) is 16.9. The van der Waals surface area contributed by atoms with Crippen molar-refractivity contribution in [2.45, 2.75) is 9.79 Å². The molecule has 9 heteroatoms. The average Bonchev–Trinajstić information content (AvgIpc) is 2.52. The van der Waals surface area contributed by atoms with E-state index in [9.17, 15) is 17.6 Å². The van der Waals surface area contributed by atoms with E-state index >= 15 is 0 Å². The molecule has 122 valence electrons. The number of carbonyl (C=O) groups is 1. The highest BCUT2D eigenvalue weighted by Crippen LogP contribution is 2.21. The molecule has 0 unspecified atom stereocenters. The lowest BCUT2D eigenvalue weighted by Gasteiger charge is -2.09. The second-order valence-corrected chi connectivity index (χ2v) is 7.38. The van der Waals surface area contributed by atoms with Crippen LogP contribution in [0.15, 0.2) is 58.3 Å². The van der Waals surface area contributed by atoms with Gasteiger partial charge in [0, 0.05) is 4.90 Å². The molecule has 2 aromatic rings. The van der Waals surface area contributed by atoms with E-state index in [0.717, 1.165) is 11.8 Å². The monoisotopic (exact) mass is 374 g/mol. The summed E-state index contributed by atoms with van der Waals surface area (Å²) in [5.41, 5.74) is 2.06. The second kappa shape index (κ2) is 7.78. The van der Waals surface area contributed by atoms with Crippen LogP contribution in [0.3, 0.4) is 0 Å². The van der Waals surface area contributed by atoms with Crippen molar-refractivity contribution in [2.75, 3.05) is 5.75 Å². The second-order valence-electron chi connectivity index (χ2n) is 4.30. The minimum Gasteiger partial charge on any atom is -0.277 e. The molecular weight excluding hydrogens is 363 g/mol. The van der Waals surface area contributed by atoms with Crippen LogP contribution in [0, 0.1) is 5.82 Å². The molecule has 0 saturated heterocycles. The number of benzene rings is 2. The molecule has 23 heavy (non-hydrogen) atoms. The molecule has 1 amide bonds. The van der Waals surface area contributed by atoms with Crippen molar-refractivity contribution < 1.29 is 17.6 Å². The van der Waals surface area contributed by atoms with Crippen LogP contribution in [-0.4, -0.2) is 20.1 Å². The molecule has 0 aliphatic heterocycles. The molecule has 0 heterocycles. The van der Waals surface area contributed by atoms with Crippen LogP contribution >= 0.6 is 23.4 Å². The Morgan fingerprint density at radius 2 is 1.78 bits per heavy atom. The van der Waals surface area contributed by atoms with Gasteiger partial charge in [-0.3, -0.25) is 10.2 Å². The van der Waals surface area contributed by atoms with Crippen LogP contribution < -0.4 is 10.3 Å². The van der Waals surface area contributed by atoms with Crippen molar-refractivity contribution in [3.63, 3.8) is 0 Å². The maximum atomic E-state index is 13.4. The van der Waals surface area contributed by atoms with E-state index in [1.807, 2.05) is 4.83 Å². The van der Waals surface area contributed by atoms with E-state index in [0.29, 0.717) is 4.90 Å². The number of rotatable bonds is 6. The van der Waals surface area contributed by atoms with Crippen molar-refractivity contribution >= 4 is 39.3 Å². The molecule has 0 fully saturated rings. The van der Waals surface area contributed by atoms with E-state index in [4.69, 9.17) is 11.6 Å². The molecule has 2 N–H and O–H groups in total. The summed E-state index contributed by atoms with van der Waals surface area (Å²) in [6, 6.07) is 11.8. The molecule has 5 nitrogen and oxygen atoms in total. The van der Waals surface area contributed by atoms with Gasteiger partial charge in [0.25, 0.3) is 10.0 Å². The van der Waals surface area contributed by atoms with Gasteiger partial charge in [-0.1, -0.05) is 35.9 Å². The normalized spacial score (nSPS) is 11.2. The first kappa shape index (κ1) is 17.7. The lowest BCUT2D eigenvalue weighted by atomic mass is 10.3. The first-order chi connectivity index (χ1) is 10.9. The number of halogens is 2. The van der Waals surface area contributed by atoms with E-state index in [-0.39, 0.29) is 15.7 Å². The molecule has 0 atom stereocenters. The highest BCUT2D eigenvalue weighted by molar-refractivity contribution is 8.00. The van der Waals surface area contributed by atoms with Crippen molar-refractivity contribution in [1.82, 2.24) is 10.3 Å². The Morgan fingerprint density at radius 1 is 1.13 bits per heavy atom. The van der Waals surface area contributed by atoms with Gasteiger partial charge in [0.15, 0.2) is 0 Å². The summed E-state index contributed by atoms with van der Waals surface area (Å²) in [4.78, 5) is 13.8. The molecular formula is C14H12ClFN2O3S2. The Hall–Kier alpha value is -1.61. The van der Waals surface area contributed by atoms with Crippen LogP contribution in [-0.2, 0) is 14.8 Å². The molecule has 0 aliphatic carbocycles. The quantitative estimate of drug-likeness (QED) is 0.602. The fourth-order valence-electron chi connectivity index (χ4n) is 1.58. The molecule has 0 radical (unpaired) electrons. The maximum Gasteiger partial charge on any atom is 0.258 e. The van der Waals surface area contributed by atoms with Gasteiger partial charge in [-0.15, -0.1) is 16.6 Å². The maximum absolute atomic E-state index is 13.4. The standard InChI is InChI=1S/C14H12ClFN2O3S2/c15-10-5-1-4-8-13(10)23(20,21)18-17-14(19)9-22-12-7-3-2-6-11(12)16/h1-8,18H,9H2,(H,17,19). The minimum absolute atomic E-state index is 0.0370. The molecule has 2 aromatic carbocycles. The van der Waals surface area contributed by atoms with E-state index in [2.05, 4.69) is 5.43 Å². The summed E-state index contributed by atoms with van der Waals surface area (Å²) >= 11 is 6.76. The SMILES string of the molecule is O=C(CSc1ccccc1F)NNS(=O)(=O)c1ccccc1Cl. The lowest BCUT2D eigenvalue weighted by Crippen LogP contribution is -2.42. The van der Waals surface area contributed by atoms with Gasteiger partial charge in [-0.25, -0.2) is 12.8 Å². The Kier molecular flexibility index (Phi) is 6.00. The number of nitrogens with one attached hydrogen (secondary N) is 2. The van der Waals surface area contributed by atoms with Crippen molar-refractivity contribution in [2.24, 2.45) is 0 Å². The Morgan fingerprint density at radius 3 is 2.48 bits per heavy atom. The lowest BCUT2D eigenvalue weighted by molar-refractivity contribution is -0.119. The molecule has 0 aliphatic rings. The minimum atomic E-state index is -3.97. The van der Waals surface area contributed by atoms with Crippen LogP contribution in [0.2, 0.25) is 5.02 Å². The zero-order valence-corrected chi connectivity index (χ0v) is 14.0. The molecule has 0 saturated carbocycles. The van der Waals surface area contributed by atoms with Crippen LogP contribution in [0.5, 0.6) is 0 Å². The Bertz CT molecular complexity index is 815. The summed E-state index contributed by atoms with van der Waals surface area (Å²) in [5, 5.41) is 0.0370. The summed E-state index contributed by atoms with van der Waals surface area (Å²) < 4.78 is 37.4. The number of carbonyl (C=O) groups excluding carboxylic acids is 1. The predicted molar refractivity (Wildman–Crippen MR) is 87.0 cm³/mol. The fraction of sp³-hybridized carbons (Fsp3) is 0.0714. The fourth-order valence-corrected chi connectivity index (χ4v) is 3.70. The van der Waals surface area contributed by atoms with Gasteiger partial charge in [0.1, 0.15) is 10.7 Å². The van der Waals surface area contributed by atoms with Gasteiger partial charge in [0.2, 0.25) is 5.91 Å². The molecule has 2 rings (SSSR count). The van der Waals surface area contributed by atoms with Crippen LogP contribution in [0.25, 0.3) is 0 Å². The highest BCUT2D eigenvalue weighted by Gasteiger charge is 2.18. The topological polar surface area (TPSA) is 75.3 Å². The van der Waals surface area contributed by atoms with Gasteiger partial charge < -0.3 is 0 Å². The summed E-state index contributed by atoms with van der Waals surface area (Å²) in [7, 11) is -3.97.